The fourth-order valence-electron chi connectivity index (χ4n) is 0.0732. The summed E-state index contributed by atoms with van der Waals surface area (Å²) in [6, 6.07) is 0. The van der Waals surface area contributed by atoms with E-state index in [0.29, 0.717) is 0 Å². The van der Waals surface area contributed by atoms with E-state index in [0.717, 1.165) is 0 Å². The summed E-state index contributed by atoms with van der Waals surface area (Å²) in [4.78, 5) is 0. The highest BCUT2D eigenvalue weighted by Gasteiger charge is 2.33. The van der Waals surface area contributed by atoms with Crippen LogP contribution >= 0.6 is 0 Å². The third kappa shape index (κ3) is 1.72. The van der Waals surface area contributed by atoms with Crippen LogP contribution in [0.1, 0.15) is 0 Å². The van der Waals surface area contributed by atoms with Crippen LogP contribution in [-0.2, 0) is 0 Å². The molecule has 0 aliphatic heterocycles. The van der Waals surface area contributed by atoms with Crippen molar-refractivity contribution in [2.45, 2.75) is 6.18 Å². The van der Waals surface area contributed by atoms with Crippen LogP contribution in [0, 0.1) is 0 Å². The van der Waals surface area contributed by atoms with Crippen LogP contribution in [0.5, 0.6) is 0 Å². The number of aliphatic hydroxyl groups excluding tert-OH is 2. The van der Waals surface area contributed by atoms with Crippen LogP contribution in [-0.4, -0.2) is 16.4 Å². The lowest BCUT2D eigenvalue weighted by molar-refractivity contribution is -0.122. The van der Waals surface area contributed by atoms with Gasteiger partial charge in [0.05, 0.1) is 0 Å². The molecule has 0 aromatic rings. The maximum Gasteiger partial charge on any atom is 0.451 e. The van der Waals surface area contributed by atoms with E-state index in [4.69, 9.17) is 10.2 Å². The molecule has 5 heteroatoms. The summed E-state index contributed by atoms with van der Waals surface area (Å²) in [7, 11) is 0. The van der Waals surface area contributed by atoms with E-state index in [9.17, 15) is 13.2 Å². The highest BCUT2D eigenvalue weighted by Crippen LogP contribution is 2.21. The number of alkyl halides is 3. The minimum Gasteiger partial charge on any atom is -0.512 e. The van der Waals surface area contributed by atoms with Gasteiger partial charge in [-0.1, -0.05) is 0 Å². The van der Waals surface area contributed by atoms with Gasteiger partial charge in [0.2, 0.25) is 5.76 Å². The van der Waals surface area contributed by atoms with Crippen molar-refractivity contribution in [3.63, 3.8) is 0 Å². The molecule has 0 amide bonds. The number of hydrogen-bond acceptors (Lipinski definition) is 2. The van der Waals surface area contributed by atoms with E-state index in [2.05, 4.69) is 0 Å². The van der Waals surface area contributed by atoms with E-state index in [1.807, 2.05) is 0 Å². The molecule has 0 aromatic carbocycles. The Hall–Kier alpha value is -0.870. The van der Waals surface area contributed by atoms with E-state index >= 15 is 0 Å². The lowest BCUT2D eigenvalue weighted by atomic mass is 10.5. The van der Waals surface area contributed by atoms with Crippen molar-refractivity contribution in [2.24, 2.45) is 0 Å². The predicted octanol–water partition coefficient (Wildman–Crippen LogP) is 1.51. The monoisotopic (exact) mass is 128 g/mol. The minimum atomic E-state index is -4.82. The van der Waals surface area contributed by atoms with E-state index in [1.54, 1.807) is 0 Å². The molecular formula is C3H3F3O2. The van der Waals surface area contributed by atoms with Crippen LogP contribution in [0.3, 0.4) is 0 Å². The van der Waals surface area contributed by atoms with Crippen molar-refractivity contribution in [1.29, 1.82) is 0 Å². The second kappa shape index (κ2) is 1.94. The van der Waals surface area contributed by atoms with E-state index in [-0.39, 0.29) is 0 Å². The van der Waals surface area contributed by atoms with Gasteiger partial charge in [0.15, 0.2) is 0 Å². The highest BCUT2D eigenvalue weighted by atomic mass is 19.4. The molecule has 2 N–H and O–H groups in total. The fraction of sp³-hybridized carbons (Fsp3) is 0.333. The molecule has 8 heavy (non-hydrogen) atoms. The number of allylic oxidation sites excluding steroid dienone is 1. The van der Waals surface area contributed by atoms with Gasteiger partial charge in [-0.3, -0.25) is 0 Å². The molecule has 0 atom stereocenters. The molecule has 0 saturated carbocycles. The van der Waals surface area contributed by atoms with Crippen LogP contribution in [0.15, 0.2) is 12.0 Å². The molecule has 0 saturated heterocycles. The highest BCUT2D eigenvalue weighted by molar-refractivity contribution is 4.91. The van der Waals surface area contributed by atoms with Crippen LogP contribution in [0.4, 0.5) is 13.2 Å². The Morgan fingerprint density at radius 1 is 1.38 bits per heavy atom. The Bertz CT molecular complexity index is 104. The molecule has 0 spiro atoms. The van der Waals surface area contributed by atoms with E-state index in [1.165, 1.54) is 0 Å². The van der Waals surface area contributed by atoms with Crippen LogP contribution < -0.4 is 0 Å². The van der Waals surface area contributed by atoms with Gasteiger partial charge in [0.1, 0.15) is 6.26 Å². The van der Waals surface area contributed by atoms with E-state index < -0.39 is 18.2 Å². The quantitative estimate of drug-likeness (QED) is 0.485. The molecule has 0 unspecified atom stereocenters. The predicted molar refractivity (Wildman–Crippen MR) is 19.4 cm³/mol. The lowest BCUT2D eigenvalue weighted by Gasteiger charge is -2.00. The molecule has 0 radical (unpaired) electrons. The summed E-state index contributed by atoms with van der Waals surface area (Å²) in [5.74, 6) is -1.99. The Kier molecular flexibility index (Phi) is 1.72. The normalized spacial score (nSPS) is 14.1. The SMILES string of the molecule is O/C=C(/O)C(F)(F)F. The first-order valence-corrected chi connectivity index (χ1v) is 1.59. The van der Waals surface area contributed by atoms with Gasteiger partial charge in [0, 0.05) is 0 Å². The van der Waals surface area contributed by atoms with Crippen molar-refractivity contribution in [3.8, 4) is 0 Å². The molecule has 48 valence electrons. The van der Waals surface area contributed by atoms with Crippen molar-refractivity contribution < 1.29 is 23.4 Å². The zero-order valence-corrected chi connectivity index (χ0v) is 3.61. The summed E-state index contributed by atoms with van der Waals surface area (Å²) in [6.07, 6.45) is -5.23. The molecular weight excluding hydrogens is 125 g/mol. The van der Waals surface area contributed by atoms with Crippen molar-refractivity contribution >= 4 is 0 Å². The Balaban J connectivity index is 4.03. The molecule has 0 aromatic heterocycles. The van der Waals surface area contributed by atoms with Crippen molar-refractivity contribution in [1.82, 2.24) is 0 Å². The zero-order valence-electron chi connectivity index (χ0n) is 3.61. The first-order valence-electron chi connectivity index (χ1n) is 1.59. The number of rotatable bonds is 0. The molecule has 0 heterocycles. The van der Waals surface area contributed by atoms with Crippen molar-refractivity contribution in [3.05, 3.63) is 12.0 Å². The van der Waals surface area contributed by atoms with Gasteiger partial charge in [-0.15, -0.1) is 0 Å². The fourth-order valence-corrected chi connectivity index (χ4v) is 0.0732. The summed E-state index contributed by atoms with van der Waals surface area (Å²) >= 11 is 0. The maximum atomic E-state index is 11.0. The molecule has 0 rings (SSSR count). The molecule has 0 fully saturated rings. The third-order valence-corrected chi connectivity index (χ3v) is 0.413. The second-order valence-corrected chi connectivity index (χ2v) is 1.01. The average Bonchev–Trinajstić information content (AvgIpc) is 1.62. The summed E-state index contributed by atoms with van der Waals surface area (Å²) in [5.41, 5.74) is 0. The standard InChI is InChI=1S/C3H3F3O2/c4-3(5,6)2(8)1-7/h1,7-8H/b2-1+. The lowest BCUT2D eigenvalue weighted by Crippen LogP contribution is -2.10. The maximum absolute atomic E-state index is 11.0. The topological polar surface area (TPSA) is 40.5 Å². The summed E-state index contributed by atoms with van der Waals surface area (Å²) in [5, 5.41) is 15.2. The molecule has 2 nitrogen and oxygen atoms in total. The third-order valence-electron chi connectivity index (χ3n) is 0.413. The molecule has 0 aliphatic rings. The first-order chi connectivity index (χ1) is 3.48. The van der Waals surface area contributed by atoms with Gasteiger partial charge >= 0.3 is 6.18 Å². The largest absolute Gasteiger partial charge is 0.512 e. The Labute approximate surface area is 42.9 Å². The first kappa shape index (κ1) is 7.13. The van der Waals surface area contributed by atoms with Gasteiger partial charge < -0.3 is 10.2 Å². The van der Waals surface area contributed by atoms with Gasteiger partial charge in [-0.05, 0) is 0 Å². The Morgan fingerprint density at radius 2 is 1.75 bits per heavy atom. The molecule has 0 aliphatic carbocycles. The second-order valence-electron chi connectivity index (χ2n) is 1.01. The number of aliphatic hydroxyl groups is 2. The zero-order chi connectivity index (χ0) is 6.78. The summed E-state index contributed by atoms with van der Waals surface area (Å²) < 4.78 is 32.9. The van der Waals surface area contributed by atoms with Crippen LogP contribution in [0.25, 0.3) is 0 Å². The summed E-state index contributed by atoms with van der Waals surface area (Å²) in [6.45, 7) is 0. The number of hydrogen-bond donors (Lipinski definition) is 2. The Morgan fingerprint density at radius 3 is 1.75 bits per heavy atom. The van der Waals surface area contributed by atoms with Crippen molar-refractivity contribution in [2.75, 3.05) is 0 Å². The average molecular weight is 128 g/mol. The van der Waals surface area contributed by atoms with Crippen LogP contribution in [0.2, 0.25) is 0 Å². The van der Waals surface area contributed by atoms with Gasteiger partial charge in [0.25, 0.3) is 0 Å². The van der Waals surface area contributed by atoms with Gasteiger partial charge in [-0.2, -0.15) is 13.2 Å². The smallest absolute Gasteiger partial charge is 0.451 e. The number of halogens is 3. The molecule has 0 bridgehead atoms. The minimum absolute atomic E-state index is 0.403. The van der Waals surface area contributed by atoms with Gasteiger partial charge in [-0.25, -0.2) is 0 Å².